The minimum Gasteiger partial charge on any atom is -0.496 e. The molecule has 2 aliphatic carbocycles. The van der Waals surface area contributed by atoms with E-state index in [2.05, 4.69) is 13.8 Å². The second-order valence-electron chi connectivity index (χ2n) is 5.11. The predicted molar refractivity (Wildman–Crippen MR) is 59.6 cm³/mol. The monoisotopic (exact) mass is 220 g/mol. The van der Waals surface area contributed by atoms with Crippen LogP contribution in [0.2, 0.25) is 0 Å². The van der Waals surface area contributed by atoms with Gasteiger partial charge >= 0.3 is 0 Å². The Kier molecular flexibility index (Phi) is 2.13. The summed E-state index contributed by atoms with van der Waals surface area (Å²) >= 11 is 0. The summed E-state index contributed by atoms with van der Waals surface area (Å²) in [7, 11) is 1.47. The Morgan fingerprint density at radius 2 is 2.00 bits per heavy atom. The van der Waals surface area contributed by atoms with Crippen LogP contribution in [-0.4, -0.2) is 19.2 Å². The van der Waals surface area contributed by atoms with Crippen molar-refractivity contribution in [3.8, 4) is 0 Å². The van der Waals surface area contributed by atoms with Crippen molar-refractivity contribution in [2.75, 3.05) is 7.11 Å². The molecule has 2 unspecified atom stereocenters. The van der Waals surface area contributed by atoms with Crippen LogP contribution in [0, 0.1) is 16.7 Å². The molecule has 0 N–H and O–H groups in total. The first-order valence-electron chi connectivity index (χ1n) is 5.40. The normalized spacial score (nSPS) is 35.5. The van der Waals surface area contributed by atoms with Gasteiger partial charge < -0.3 is 4.74 Å². The Labute approximate surface area is 95.2 Å². The molecule has 1 spiro atoms. The van der Waals surface area contributed by atoms with Gasteiger partial charge in [-0.05, 0) is 11.3 Å². The molecule has 0 aromatic heterocycles. The van der Waals surface area contributed by atoms with Crippen LogP contribution in [0.3, 0.4) is 0 Å². The van der Waals surface area contributed by atoms with Gasteiger partial charge in [0, 0.05) is 6.08 Å². The zero-order valence-electron chi connectivity index (χ0n) is 10.0. The van der Waals surface area contributed by atoms with Gasteiger partial charge in [-0.15, -0.1) is 0 Å². The summed E-state index contributed by atoms with van der Waals surface area (Å²) in [6.07, 6.45) is 3.99. The number of rotatable bonds is 2. The summed E-state index contributed by atoms with van der Waals surface area (Å²) < 4.78 is 5.03. The van der Waals surface area contributed by atoms with Crippen LogP contribution < -0.4 is 0 Å². The molecular formula is C13H16O3. The Balaban J connectivity index is 2.49. The van der Waals surface area contributed by atoms with E-state index in [-0.39, 0.29) is 17.1 Å². The quantitative estimate of drug-likeness (QED) is 0.667. The molecule has 2 rings (SSSR count). The van der Waals surface area contributed by atoms with Gasteiger partial charge in [0.15, 0.2) is 12.1 Å². The third-order valence-corrected chi connectivity index (χ3v) is 4.43. The lowest BCUT2D eigenvalue weighted by molar-refractivity contribution is -0.119. The Morgan fingerprint density at radius 3 is 2.38 bits per heavy atom. The van der Waals surface area contributed by atoms with E-state index >= 15 is 0 Å². The molecule has 0 aromatic rings. The molecule has 0 bridgehead atoms. The lowest BCUT2D eigenvalue weighted by atomic mass is 9.84. The van der Waals surface area contributed by atoms with Crippen molar-refractivity contribution >= 4 is 12.1 Å². The largest absolute Gasteiger partial charge is 0.496 e. The van der Waals surface area contributed by atoms with E-state index in [0.717, 1.165) is 6.29 Å². The molecule has 1 fully saturated rings. The molecule has 0 aromatic carbocycles. The molecule has 86 valence electrons. The van der Waals surface area contributed by atoms with E-state index in [4.69, 9.17) is 4.74 Å². The second kappa shape index (κ2) is 3.06. The topological polar surface area (TPSA) is 43.4 Å². The molecule has 2 atom stereocenters. The molecule has 0 radical (unpaired) electrons. The minimum atomic E-state index is -0.495. The van der Waals surface area contributed by atoms with Gasteiger partial charge in [0.1, 0.15) is 5.76 Å². The number of hydrogen-bond acceptors (Lipinski definition) is 3. The van der Waals surface area contributed by atoms with Gasteiger partial charge in [-0.3, -0.25) is 9.59 Å². The van der Waals surface area contributed by atoms with Gasteiger partial charge in [0.2, 0.25) is 0 Å². The van der Waals surface area contributed by atoms with Crippen molar-refractivity contribution in [1.82, 2.24) is 0 Å². The van der Waals surface area contributed by atoms with Crippen molar-refractivity contribution in [3.63, 3.8) is 0 Å². The van der Waals surface area contributed by atoms with Crippen LogP contribution in [0.4, 0.5) is 0 Å². The highest BCUT2D eigenvalue weighted by Gasteiger charge is 2.71. The molecule has 3 nitrogen and oxygen atoms in total. The van der Waals surface area contributed by atoms with E-state index in [1.807, 2.05) is 6.92 Å². The molecule has 0 saturated heterocycles. The fourth-order valence-electron chi connectivity index (χ4n) is 2.88. The Morgan fingerprint density at radius 1 is 1.44 bits per heavy atom. The number of carbonyl (C=O) groups excluding carboxylic acids is 2. The lowest BCUT2D eigenvalue weighted by Crippen LogP contribution is -2.23. The van der Waals surface area contributed by atoms with Crippen LogP contribution in [0.1, 0.15) is 20.8 Å². The van der Waals surface area contributed by atoms with E-state index in [1.54, 1.807) is 6.08 Å². The SMILES string of the molecule is COC1=CC(=O)C2(C=C1C=O)C(C)C2(C)C. The zero-order chi connectivity index (χ0) is 12.1. The zero-order valence-corrected chi connectivity index (χ0v) is 10.0. The van der Waals surface area contributed by atoms with Crippen LogP contribution in [0.25, 0.3) is 0 Å². The number of ketones is 1. The maximum atomic E-state index is 12.1. The number of ether oxygens (including phenoxy) is 1. The first-order valence-corrected chi connectivity index (χ1v) is 5.40. The van der Waals surface area contributed by atoms with E-state index in [9.17, 15) is 9.59 Å². The van der Waals surface area contributed by atoms with Gasteiger partial charge in [-0.1, -0.05) is 26.8 Å². The Bertz CT molecular complexity index is 428. The summed E-state index contributed by atoms with van der Waals surface area (Å²) in [6.45, 7) is 6.16. The summed E-state index contributed by atoms with van der Waals surface area (Å²) in [6, 6.07) is 0. The van der Waals surface area contributed by atoms with E-state index in [0.29, 0.717) is 11.3 Å². The maximum Gasteiger partial charge on any atom is 0.170 e. The van der Waals surface area contributed by atoms with Gasteiger partial charge in [-0.2, -0.15) is 0 Å². The first-order chi connectivity index (χ1) is 7.41. The van der Waals surface area contributed by atoms with Crippen molar-refractivity contribution in [2.24, 2.45) is 16.7 Å². The summed E-state index contributed by atoms with van der Waals surface area (Å²) in [5.41, 5.74) is -0.0844. The molecule has 2 aliphatic rings. The third kappa shape index (κ3) is 1.03. The van der Waals surface area contributed by atoms with Gasteiger partial charge in [-0.25, -0.2) is 0 Å². The molecule has 0 amide bonds. The van der Waals surface area contributed by atoms with Crippen molar-refractivity contribution in [1.29, 1.82) is 0 Å². The number of hydrogen-bond donors (Lipinski definition) is 0. The van der Waals surface area contributed by atoms with Gasteiger partial charge in [0.05, 0.1) is 18.1 Å². The molecule has 3 heteroatoms. The van der Waals surface area contributed by atoms with Crippen molar-refractivity contribution < 1.29 is 14.3 Å². The predicted octanol–water partition coefficient (Wildman–Crippen LogP) is 1.89. The number of methoxy groups -OCH3 is 1. The molecular weight excluding hydrogens is 204 g/mol. The smallest absolute Gasteiger partial charge is 0.170 e. The average Bonchev–Trinajstić information content (AvgIpc) is 2.67. The van der Waals surface area contributed by atoms with E-state index in [1.165, 1.54) is 13.2 Å². The van der Waals surface area contributed by atoms with E-state index < -0.39 is 5.41 Å². The number of aldehydes is 1. The van der Waals surface area contributed by atoms with Crippen LogP contribution in [0.15, 0.2) is 23.5 Å². The van der Waals surface area contributed by atoms with Crippen molar-refractivity contribution in [3.05, 3.63) is 23.5 Å². The maximum absolute atomic E-state index is 12.1. The van der Waals surface area contributed by atoms with Gasteiger partial charge in [0.25, 0.3) is 0 Å². The summed E-state index contributed by atoms with van der Waals surface area (Å²) in [4.78, 5) is 23.1. The highest BCUT2D eigenvalue weighted by Crippen LogP contribution is 2.71. The molecule has 0 aliphatic heterocycles. The van der Waals surface area contributed by atoms with Crippen LogP contribution >= 0.6 is 0 Å². The number of allylic oxidation sites excluding steroid dienone is 3. The first kappa shape index (κ1) is 11.1. The number of carbonyl (C=O) groups is 2. The Hall–Kier alpha value is -1.38. The fourth-order valence-corrected chi connectivity index (χ4v) is 2.88. The minimum absolute atomic E-state index is 0.0486. The fraction of sp³-hybridized carbons (Fsp3) is 0.538. The standard InChI is InChI=1S/C13H16O3/c1-8-12(2,3)13(8)6-9(7-14)10(16-4)5-11(13)15/h5-8H,1-4H3. The molecule has 0 heterocycles. The summed E-state index contributed by atoms with van der Waals surface area (Å²) in [5, 5.41) is 0. The molecule has 16 heavy (non-hydrogen) atoms. The average molecular weight is 220 g/mol. The third-order valence-electron chi connectivity index (χ3n) is 4.43. The highest BCUT2D eigenvalue weighted by molar-refractivity contribution is 6.05. The summed E-state index contributed by atoms with van der Waals surface area (Å²) in [5.74, 6) is 0.685. The second-order valence-corrected chi connectivity index (χ2v) is 5.11. The van der Waals surface area contributed by atoms with Crippen molar-refractivity contribution in [2.45, 2.75) is 20.8 Å². The molecule has 1 saturated carbocycles. The highest BCUT2D eigenvalue weighted by atomic mass is 16.5. The van der Waals surface area contributed by atoms with Crippen LogP contribution in [-0.2, 0) is 14.3 Å². The van der Waals surface area contributed by atoms with Crippen LogP contribution in [0.5, 0.6) is 0 Å². The lowest BCUT2D eigenvalue weighted by Gasteiger charge is -2.20.